The number of aromatic nitrogens is 1. The van der Waals surface area contributed by atoms with Crippen LogP contribution in [0.15, 0.2) is 69.6 Å². The summed E-state index contributed by atoms with van der Waals surface area (Å²) in [5.41, 5.74) is 10.0. The fourth-order valence-corrected chi connectivity index (χ4v) is 3.93. The molecular weight excluding hydrogens is 312 g/mol. The van der Waals surface area contributed by atoms with Crippen LogP contribution in [0.4, 0.5) is 0 Å². The van der Waals surface area contributed by atoms with Crippen molar-refractivity contribution in [3.63, 3.8) is 0 Å². The molecule has 0 aliphatic carbocycles. The van der Waals surface area contributed by atoms with Crippen LogP contribution in [0, 0.1) is 0 Å². The minimum atomic E-state index is -3.55. The number of fused-ring (bicyclic) bond motifs is 1. The number of hydrogen-bond acceptors (Lipinski definition) is 3. The van der Waals surface area contributed by atoms with E-state index in [-0.39, 0.29) is 9.79 Å². The summed E-state index contributed by atoms with van der Waals surface area (Å²) in [6.07, 6.45) is 2.13. The molecule has 0 bridgehead atoms. The highest BCUT2D eigenvalue weighted by Crippen LogP contribution is 2.28. The van der Waals surface area contributed by atoms with Gasteiger partial charge in [-0.1, -0.05) is 35.4 Å². The zero-order valence-corrected chi connectivity index (χ0v) is 13.0. The highest BCUT2D eigenvalue weighted by Gasteiger charge is 2.21. The summed E-state index contributed by atoms with van der Waals surface area (Å²) in [6, 6.07) is 13.9. The largest absolute Gasteiger partial charge is 0.360 e. The molecule has 23 heavy (non-hydrogen) atoms. The second kappa shape index (κ2) is 6.16. The van der Waals surface area contributed by atoms with Crippen molar-refractivity contribution in [1.29, 1.82) is 0 Å². The monoisotopic (exact) mass is 326 g/mol. The molecule has 0 saturated carbocycles. The summed E-state index contributed by atoms with van der Waals surface area (Å²) in [5.74, 6) is 0. The van der Waals surface area contributed by atoms with Crippen LogP contribution in [0.2, 0.25) is 0 Å². The first-order chi connectivity index (χ1) is 11.1. The Morgan fingerprint density at radius 1 is 1.13 bits per heavy atom. The Bertz CT molecular complexity index is 987. The third kappa shape index (κ3) is 2.92. The lowest BCUT2D eigenvalue weighted by Crippen LogP contribution is -2.00. The van der Waals surface area contributed by atoms with Crippen LogP contribution in [-0.2, 0) is 16.3 Å². The van der Waals surface area contributed by atoms with Crippen LogP contribution in [0.25, 0.3) is 21.3 Å². The second-order valence-corrected chi connectivity index (χ2v) is 6.97. The van der Waals surface area contributed by atoms with Crippen molar-refractivity contribution in [3.05, 3.63) is 70.7 Å². The lowest BCUT2D eigenvalue weighted by Gasteiger charge is -2.03. The summed E-state index contributed by atoms with van der Waals surface area (Å²) >= 11 is 0. The van der Waals surface area contributed by atoms with E-state index in [4.69, 9.17) is 5.53 Å². The Labute approximate surface area is 133 Å². The van der Waals surface area contributed by atoms with Gasteiger partial charge in [-0.25, -0.2) is 8.42 Å². The number of hydrogen-bond donors (Lipinski definition) is 1. The number of sulfone groups is 1. The molecule has 1 heterocycles. The zero-order chi connectivity index (χ0) is 16.3. The standard InChI is InChI=1S/C16H14N4O2S/c17-20-19-9-8-12-6-7-14-15(10-12)18-11-16(14)23(21,22)13-4-2-1-3-5-13/h1-7,10-11,18H,8-9H2. The van der Waals surface area contributed by atoms with Gasteiger partial charge in [-0.15, -0.1) is 0 Å². The zero-order valence-electron chi connectivity index (χ0n) is 12.2. The van der Waals surface area contributed by atoms with E-state index in [9.17, 15) is 8.42 Å². The minimum absolute atomic E-state index is 0.264. The van der Waals surface area contributed by atoms with Gasteiger partial charge in [0, 0.05) is 28.6 Å². The molecule has 2 aromatic carbocycles. The van der Waals surface area contributed by atoms with Gasteiger partial charge in [-0.2, -0.15) is 0 Å². The molecule has 0 radical (unpaired) electrons. The molecule has 0 amide bonds. The van der Waals surface area contributed by atoms with Gasteiger partial charge in [0.2, 0.25) is 9.84 Å². The highest BCUT2D eigenvalue weighted by molar-refractivity contribution is 7.91. The van der Waals surface area contributed by atoms with Crippen molar-refractivity contribution in [3.8, 4) is 0 Å². The maximum absolute atomic E-state index is 12.7. The predicted molar refractivity (Wildman–Crippen MR) is 87.9 cm³/mol. The normalized spacial score (nSPS) is 11.3. The summed E-state index contributed by atoms with van der Waals surface area (Å²) in [7, 11) is -3.55. The fraction of sp³-hybridized carbons (Fsp3) is 0.125. The van der Waals surface area contributed by atoms with Crippen LogP contribution in [0.3, 0.4) is 0 Å². The van der Waals surface area contributed by atoms with Crippen LogP contribution in [0.1, 0.15) is 5.56 Å². The molecule has 0 fully saturated rings. The first-order valence-electron chi connectivity index (χ1n) is 7.04. The van der Waals surface area contributed by atoms with Crippen molar-refractivity contribution in [2.45, 2.75) is 16.2 Å². The number of nitrogens with zero attached hydrogens (tertiary/aromatic N) is 3. The molecule has 0 atom stereocenters. The number of nitrogens with one attached hydrogen (secondary N) is 1. The Kier molecular flexibility index (Phi) is 4.06. The Morgan fingerprint density at radius 3 is 2.65 bits per heavy atom. The van der Waals surface area contributed by atoms with Gasteiger partial charge in [-0.3, -0.25) is 0 Å². The molecule has 0 spiro atoms. The number of azide groups is 1. The summed E-state index contributed by atoms with van der Waals surface area (Å²) in [4.78, 5) is 6.27. The number of H-pyrrole nitrogens is 1. The Hall–Kier alpha value is -2.76. The number of benzene rings is 2. The van der Waals surface area contributed by atoms with E-state index in [1.807, 2.05) is 12.1 Å². The number of rotatable bonds is 5. The smallest absolute Gasteiger partial charge is 0.208 e. The average molecular weight is 326 g/mol. The SMILES string of the molecule is [N-]=[N+]=NCCc1ccc2c(S(=O)(=O)c3ccccc3)c[nH]c2c1. The van der Waals surface area contributed by atoms with E-state index in [2.05, 4.69) is 15.0 Å². The molecule has 3 rings (SSSR count). The summed E-state index contributed by atoms with van der Waals surface area (Å²) < 4.78 is 25.5. The first kappa shape index (κ1) is 15.1. The van der Waals surface area contributed by atoms with E-state index in [1.54, 1.807) is 36.4 Å². The molecule has 6 nitrogen and oxygen atoms in total. The first-order valence-corrected chi connectivity index (χ1v) is 8.52. The lowest BCUT2D eigenvalue weighted by atomic mass is 10.1. The Morgan fingerprint density at radius 2 is 1.91 bits per heavy atom. The maximum Gasteiger partial charge on any atom is 0.208 e. The second-order valence-electron chi connectivity index (χ2n) is 5.05. The van der Waals surface area contributed by atoms with Gasteiger partial charge < -0.3 is 4.98 Å². The topological polar surface area (TPSA) is 98.7 Å². The fourth-order valence-electron chi connectivity index (χ4n) is 2.48. The molecule has 0 saturated heterocycles. The molecule has 0 unspecified atom stereocenters. The van der Waals surface area contributed by atoms with E-state index in [0.29, 0.717) is 18.4 Å². The van der Waals surface area contributed by atoms with Crippen LogP contribution in [-0.4, -0.2) is 19.9 Å². The van der Waals surface area contributed by atoms with Gasteiger partial charge >= 0.3 is 0 Å². The third-order valence-electron chi connectivity index (χ3n) is 3.61. The van der Waals surface area contributed by atoms with E-state index < -0.39 is 9.84 Å². The van der Waals surface area contributed by atoms with Crippen LogP contribution in [0.5, 0.6) is 0 Å². The number of aromatic amines is 1. The molecule has 1 N–H and O–H groups in total. The molecule has 1 aromatic heterocycles. The van der Waals surface area contributed by atoms with E-state index >= 15 is 0 Å². The predicted octanol–water partition coefficient (Wildman–Crippen LogP) is 3.85. The van der Waals surface area contributed by atoms with Gasteiger partial charge in [-0.05, 0) is 35.7 Å². The quantitative estimate of drug-likeness (QED) is 0.437. The van der Waals surface area contributed by atoms with E-state index in [1.165, 1.54) is 6.20 Å². The third-order valence-corrected chi connectivity index (χ3v) is 5.42. The average Bonchev–Trinajstić information content (AvgIpc) is 3.00. The summed E-state index contributed by atoms with van der Waals surface area (Å²) in [6.45, 7) is 0.373. The molecule has 0 aliphatic heterocycles. The highest BCUT2D eigenvalue weighted by atomic mass is 32.2. The van der Waals surface area contributed by atoms with Gasteiger partial charge in [0.25, 0.3) is 0 Å². The summed E-state index contributed by atoms with van der Waals surface area (Å²) in [5, 5.41) is 4.16. The van der Waals surface area contributed by atoms with Gasteiger partial charge in [0.1, 0.15) is 0 Å². The Balaban J connectivity index is 2.02. The van der Waals surface area contributed by atoms with Crippen LogP contribution < -0.4 is 0 Å². The molecule has 116 valence electrons. The van der Waals surface area contributed by atoms with E-state index in [0.717, 1.165) is 11.1 Å². The van der Waals surface area contributed by atoms with Crippen molar-refractivity contribution in [2.24, 2.45) is 5.11 Å². The molecular formula is C16H14N4O2S. The molecule has 0 aliphatic rings. The van der Waals surface area contributed by atoms with Crippen molar-refractivity contribution in [1.82, 2.24) is 4.98 Å². The lowest BCUT2D eigenvalue weighted by molar-refractivity contribution is 0.597. The van der Waals surface area contributed by atoms with Crippen molar-refractivity contribution in [2.75, 3.05) is 6.54 Å². The van der Waals surface area contributed by atoms with Gasteiger partial charge in [0.15, 0.2) is 0 Å². The van der Waals surface area contributed by atoms with Gasteiger partial charge in [0.05, 0.1) is 9.79 Å². The molecule has 7 heteroatoms. The van der Waals surface area contributed by atoms with Crippen molar-refractivity contribution >= 4 is 20.7 Å². The maximum atomic E-state index is 12.7. The molecule has 3 aromatic rings. The van der Waals surface area contributed by atoms with Crippen LogP contribution >= 0.6 is 0 Å². The minimum Gasteiger partial charge on any atom is -0.360 e. The van der Waals surface area contributed by atoms with Crippen molar-refractivity contribution < 1.29 is 8.42 Å².